The first kappa shape index (κ1) is 16.0. The molecule has 1 aromatic carbocycles. The monoisotopic (exact) mass is 331 g/mol. The summed E-state index contributed by atoms with van der Waals surface area (Å²) in [7, 11) is 1.95. The van der Waals surface area contributed by atoms with Gasteiger partial charge >= 0.3 is 6.18 Å². The number of rotatable bonds is 2. The Morgan fingerprint density at radius 3 is 2.70 bits per heavy atom. The van der Waals surface area contributed by atoms with Crippen LogP contribution in [0.4, 0.5) is 24.5 Å². The Balaban J connectivity index is 1.92. The Bertz CT molecular complexity index is 623. The number of nitro benzene ring substituents is 1. The third-order valence-electron chi connectivity index (χ3n) is 4.42. The van der Waals surface area contributed by atoms with Gasteiger partial charge in [-0.25, -0.2) is 0 Å². The maximum Gasteiger partial charge on any atom is 0.416 e. The fraction of sp³-hybridized carbons (Fsp3) is 0.571. The summed E-state index contributed by atoms with van der Waals surface area (Å²) in [6, 6.07) is 2.75. The van der Waals surface area contributed by atoms with Gasteiger partial charge in [-0.1, -0.05) is 0 Å². The van der Waals surface area contributed by atoms with Gasteiger partial charge in [-0.05, 0) is 19.2 Å². The zero-order valence-corrected chi connectivity index (χ0v) is 12.4. The highest BCUT2D eigenvalue weighted by atomic mass is 19.4. The number of nitro groups is 1. The first-order valence-electron chi connectivity index (χ1n) is 7.20. The number of anilines is 1. The van der Waals surface area contributed by atoms with Gasteiger partial charge in [0.2, 0.25) is 0 Å². The second kappa shape index (κ2) is 5.64. The largest absolute Gasteiger partial charge is 0.416 e. The number of likely N-dealkylation sites (N-methyl/N-ethyl adjacent to an activating group) is 1. The molecule has 0 spiro atoms. The maximum atomic E-state index is 12.8. The van der Waals surface area contributed by atoms with Gasteiger partial charge in [0.25, 0.3) is 5.69 Å². The molecule has 6 nitrogen and oxygen atoms in total. The summed E-state index contributed by atoms with van der Waals surface area (Å²) in [6.07, 6.45) is -4.69. The number of ether oxygens (including phenoxy) is 1. The third-order valence-corrected chi connectivity index (χ3v) is 4.42. The van der Waals surface area contributed by atoms with Crippen LogP contribution in [0.2, 0.25) is 0 Å². The van der Waals surface area contributed by atoms with Crippen LogP contribution in [0.5, 0.6) is 0 Å². The van der Waals surface area contributed by atoms with Gasteiger partial charge in [0.15, 0.2) is 0 Å². The molecule has 0 aliphatic carbocycles. The minimum absolute atomic E-state index is 0.0874. The Labute approximate surface area is 130 Å². The van der Waals surface area contributed by atoms with E-state index in [0.717, 1.165) is 12.6 Å². The van der Waals surface area contributed by atoms with Crippen molar-refractivity contribution in [3.8, 4) is 0 Å². The summed E-state index contributed by atoms with van der Waals surface area (Å²) >= 11 is 0. The molecule has 0 saturated carbocycles. The van der Waals surface area contributed by atoms with Crippen molar-refractivity contribution >= 4 is 11.4 Å². The van der Waals surface area contributed by atoms with E-state index in [9.17, 15) is 23.3 Å². The van der Waals surface area contributed by atoms with Crippen molar-refractivity contribution < 1.29 is 22.8 Å². The first-order chi connectivity index (χ1) is 10.8. The third kappa shape index (κ3) is 2.98. The molecular weight excluding hydrogens is 315 g/mol. The summed E-state index contributed by atoms with van der Waals surface area (Å²) in [4.78, 5) is 14.3. The fourth-order valence-electron chi connectivity index (χ4n) is 3.17. The lowest BCUT2D eigenvalue weighted by Crippen LogP contribution is -2.48. The Kier molecular flexibility index (Phi) is 3.93. The number of halogens is 3. The minimum Gasteiger partial charge on any atom is -0.373 e. The molecule has 0 radical (unpaired) electrons. The van der Waals surface area contributed by atoms with Crippen molar-refractivity contribution in [3.63, 3.8) is 0 Å². The van der Waals surface area contributed by atoms with Crippen molar-refractivity contribution in [1.82, 2.24) is 4.90 Å². The van der Waals surface area contributed by atoms with Gasteiger partial charge in [-0.2, -0.15) is 13.2 Å². The van der Waals surface area contributed by atoms with E-state index >= 15 is 0 Å². The van der Waals surface area contributed by atoms with Crippen LogP contribution in [-0.2, 0) is 10.9 Å². The van der Waals surface area contributed by atoms with Crippen molar-refractivity contribution in [3.05, 3.63) is 33.9 Å². The van der Waals surface area contributed by atoms with Gasteiger partial charge in [0, 0.05) is 25.7 Å². The van der Waals surface area contributed by atoms with Gasteiger partial charge in [-0.15, -0.1) is 0 Å². The molecule has 0 aromatic heterocycles. The fourth-order valence-corrected chi connectivity index (χ4v) is 3.17. The van der Waals surface area contributed by atoms with E-state index in [0.29, 0.717) is 25.8 Å². The van der Waals surface area contributed by atoms with Crippen LogP contribution in [0.3, 0.4) is 0 Å². The highest BCUT2D eigenvalue weighted by molar-refractivity contribution is 5.65. The number of benzene rings is 1. The average Bonchev–Trinajstić information content (AvgIpc) is 2.91. The van der Waals surface area contributed by atoms with Crippen molar-refractivity contribution in [2.75, 3.05) is 38.2 Å². The maximum absolute atomic E-state index is 12.8. The van der Waals surface area contributed by atoms with Crippen LogP contribution < -0.4 is 4.90 Å². The molecule has 2 heterocycles. The predicted octanol–water partition coefficient (Wildman–Crippen LogP) is 2.13. The topological polar surface area (TPSA) is 58.8 Å². The lowest BCUT2D eigenvalue weighted by Gasteiger charge is -2.33. The van der Waals surface area contributed by atoms with E-state index in [1.165, 1.54) is 6.07 Å². The highest BCUT2D eigenvalue weighted by Gasteiger charge is 2.41. The second-order valence-electron chi connectivity index (χ2n) is 5.82. The molecule has 3 rings (SSSR count). The zero-order valence-electron chi connectivity index (χ0n) is 12.4. The smallest absolute Gasteiger partial charge is 0.373 e. The lowest BCUT2D eigenvalue weighted by molar-refractivity contribution is -0.384. The van der Waals surface area contributed by atoms with Crippen molar-refractivity contribution in [2.45, 2.75) is 18.3 Å². The van der Waals surface area contributed by atoms with Crippen molar-refractivity contribution in [1.29, 1.82) is 0 Å². The highest BCUT2D eigenvalue weighted by Crippen LogP contribution is 2.38. The van der Waals surface area contributed by atoms with Gasteiger partial charge < -0.3 is 9.64 Å². The molecule has 0 N–H and O–H groups in total. The van der Waals surface area contributed by atoms with Gasteiger partial charge in [0.05, 0.1) is 29.2 Å². The van der Waals surface area contributed by atoms with Gasteiger partial charge in [0.1, 0.15) is 5.69 Å². The molecule has 126 valence electrons. The molecule has 2 fully saturated rings. The minimum atomic E-state index is -4.61. The Morgan fingerprint density at radius 1 is 1.35 bits per heavy atom. The lowest BCUT2D eigenvalue weighted by atomic mass is 10.1. The molecule has 1 aromatic rings. The normalized spacial score (nSPS) is 25.5. The predicted molar refractivity (Wildman–Crippen MR) is 76.5 cm³/mol. The summed E-state index contributed by atoms with van der Waals surface area (Å²) in [6.45, 7) is 2.28. The Hall–Kier alpha value is -1.87. The van der Waals surface area contributed by atoms with E-state index < -0.39 is 22.4 Å². The molecule has 0 bridgehead atoms. The molecule has 23 heavy (non-hydrogen) atoms. The van der Waals surface area contributed by atoms with Crippen LogP contribution >= 0.6 is 0 Å². The number of nitrogens with zero attached hydrogens (tertiary/aromatic N) is 3. The van der Waals surface area contributed by atoms with Crippen molar-refractivity contribution in [2.24, 2.45) is 0 Å². The van der Waals surface area contributed by atoms with Crippen LogP contribution in [0, 0.1) is 10.1 Å². The summed E-state index contributed by atoms with van der Waals surface area (Å²) < 4.78 is 44.0. The molecule has 0 amide bonds. The molecule has 2 aliphatic heterocycles. The van der Waals surface area contributed by atoms with Crippen LogP contribution in [0.15, 0.2) is 18.2 Å². The quantitative estimate of drug-likeness (QED) is 0.614. The summed E-state index contributed by atoms with van der Waals surface area (Å²) in [5.74, 6) is 0. The molecule has 2 saturated heterocycles. The SMILES string of the molecule is CN1CCOC2CN(c3ccc(C(F)(F)F)cc3[N+](=O)[O-])CC21. The Morgan fingerprint density at radius 2 is 2.09 bits per heavy atom. The standard InChI is InChI=1S/C14H16F3N3O3/c1-18-4-5-23-13-8-19(7-12(13)18)10-3-2-9(14(15,16)17)6-11(10)20(21)22/h2-3,6,12-13H,4-5,7-8H2,1H3. The number of hydrogen-bond donors (Lipinski definition) is 0. The van der Waals surface area contributed by atoms with E-state index in [4.69, 9.17) is 4.74 Å². The number of alkyl halides is 3. The van der Waals surface area contributed by atoms with Gasteiger partial charge in [-0.3, -0.25) is 15.0 Å². The summed E-state index contributed by atoms with van der Waals surface area (Å²) in [5, 5.41) is 11.2. The number of morpholine rings is 1. The molecule has 9 heteroatoms. The molecule has 2 atom stereocenters. The average molecular weight is 331 g/mol. The van der Waals surface area contributed by atoms with E-state index in [2.05, 4.69) is 4.90 Å². The van der Waals surface area contributed by atoms with Crippen LogP contribution in [-0.4, -0.2) is 55.3 Å². The molecule has 2 unspecified atom stereocenters. The van der Waals surface area contributed by atoms with E-state index in [1.807, 2.05) is 7.05 Å². The van der Waals surface area contributed by atoms with E-state index in [-0.39, 0.29) is 17.8 Å². The van der Waals surface area contributed by atoms with Crippen LogP contribution in [0.1, 0.15) is 5.56 Å². The molecular formula is C14H16F3N3O3. The van der Waals surface area contributed by atoms with E-state index in [1.54, 1.807) is 4.90 Å². The zero-order chi connectivity index (χ0) is 16.8. The molecule has 2 aliphatic rings. The first-order valence-corrected chi connectivity index (χ1v) is 7.20. The van der Waals surface area contributed by atoms with Crippen LogP contribution in [0.25, 0.3) is 0 Å². The number of hydrogen-bond acceptors (Lipinski definition) is 5. The second-order valence-corrected chi connectivity index (χ2v) is 5.82. The number of fused-ring (bicyclic) bond motifs is 1. The summed E-state index contributed by atoms with van der Waals surface area (Å²) in [5.41, 5.74) is -1.34.